The number of aromatic carboxylic acids is 1. The average molecular weight is 672 g/mol. The quantitative estimate of drug-likeness (QED) is 0.213. The maximum Gasteiger partial charge on any atom is 0.352 e. The Bertz CT molecular complexity index is 1910. The summed E-state index contributed by atoms with van der Waals surface area (Å²) in [5.74, 6) is 6.50. The van der Waals surface area contributed by atoms with E-state index in [0.29, 0.717) is 43.1 Å². The van der Waals surface area contributed by atoms with Crippen LogP contribution in [0, 0.1) is 0 Å². The van der Waals surface area contributed by atoms with Crippen molar-refractivity contribution in [2.45, 2.75) is 64.3 Å². The molecule has 0 atom stereocenters. The molecule has 8 bridgehead atoms. The van der Waals surface area contributed by atoms with Crippen LogP contribution in [-0.2, 0) is 46.3 Å². The number of carboxylic acid groups (broad SMARTS) is 1. The first-order valence-electron chi connectivity index (χ1n) is 17.2. The summed E-state index contributed by atoms with van der Waals surface area (Å²) in [6.07, 6.45) is 7.67. The molecule has 0 unspecified atom stereocenters. The van der Waals surface area contributed by atoms with Gasteiger partial charge in [-0.1, -0.05) is 23.7 Å². The molecule has 1 fully saturated rings. The Labute approximate surface area is 287 Å². The zero-order valence-corrected chi connectivity index (χ0v) is 29.0. The Morgan fingerprint density at radius 3 is 2.65 bits per heavy atom. The lowest BCUT2D eigenvalue weighted by Gasteiger charge is -2.23. The second kappa shape index (κ2) is 13.5. The van der Waals surface area contributed by atoms with Gasteiger partial charge in [0.1, 0.15) is 11.4 Å². The Kier molecular flexibility index (Phi) is 9.15. The number of carboxylic acids is 1. The lowest BCUT2D eigenvalue weighted by Crippen LogP contribution is -2.27. The highest BCUT2D eigenvalue weighted by molar-refractivity contribution is 6.33. The van der Waals surface area contributed by atoms with Crippen LogP contribution in [0.25, 0.3) is 16.5 Å². The van der Waals surface area contributed by atoms with Crippen molar-refractivity contribution in [2.75, 3.05) is 38.6 Å². The predicted molar refractivity (Wildman–Crippen MR) is 191 cm³/mol. The topological polar surface area (TPSA) is 114 Å². The van der Waals surface area contributed by atoms with Gasteiger partial charge in [0.05, 0.1) is 28.5 Å². The number of rotatable bonds is 1. The third-order valence-corrected chi connectivity index (χ3v) is 10.6. The van der Waals surface area contributed by atoms with Crippen LogP contribution < -0.4 is 15.9 Å². The van der Waals surface area contributed by atoms with E-state index in [0.717, 1.165) is 109 Å². The van der Waals surface area contributed by atoms with Crippen molar-refractivity contribution in [1.29, 1.82) is 0 Å². The number of nitrogens with one attached hydrogen (secondary N) is 1. The molecule has 2 aromatic heterocycles. The molecule has 0 aliphatic carbocycles. The first-order chi connectivity index (χ1) is 23.2. The van der Waals surface area contributed by atoms with Crippen molar-refractivity contribution in [3.63, 3.8) is 0 Å². The van der Waals surface area contributed by atoms with Gasteiger partial charge in [0, 0.05) is 62.6 Å². The van der Waals surface area contributed by atoms with Gasteiger partial charge >= 0.3 is 5.97 Å². The van der Waals surface area contributed by atoms with Gasteiger partial charge < -0.3 is 29.6 Å². The summed E-state index contributed by atoms with van der Waals surface area (Å²) in [4.78, 5) is 15.1. The highest BCUT2D eigenvalue weighted by atomic mass is 35.5. The molecule has 0 spiro atoms. The highest BCUT2D eigenvalue weighted by Crippen LogP contribution is 2.41. The zero-order chi connectivity index (χ0) is 33.5. The van der Waals surface area contributed by atoms with Crippen LogP contribution in [0.4, 0.5) is 5.69 Å². The summed E-state index contributed by atoms with van der Waals surface area (Å²) in [6.45, 7) is 3.65. The molecule has 2 aromatic carbocycles. The van der Waals surface area contributed by atoms with Crippen LogP contribution in [0.1, 0.15) is 76.2 Å². The molecule has 4 N–H and O–H groups in total. The largest absolute Gasteiger partial charge is 0.491 e. The minimum absolute atomic E-state index is 0.292. The molecule has 1 saturated heterocycles. The van der Waals surface area contributed by atoms with Crippen LogP contribution in [0.5, 0.6) is 5.75 Å². The molecule has 3 aliphatic heterocycles. The molecule has 5 heterocycles. The molecular formula is C37H46ClN7O3. The molecule has 0 radical (unpaired) electrons. The molecule has 0 amide bonds. The molecular weight excluding hydrogens is 626 g/mol. The Balaban J connectivity index is 1.33. The number of anilines is 1. The number of hydrogen-bond donors (Lipinski definition) is 3. The van der Waals surface area contributed by atoms with Gasteiger partial charge in [0.25, 0.3) is 0 Å². The van der Waals surface area contributed by atoms with Gasteiger partial charge in [0.15, 0.2) is 0 Å². The standard InChI is InChI=1S/C37H46ClN7O3/c1-42-17-14-29(31-9-5-16-45(31)39)33-30(38)13-12-28-27(36(37(46)47)43(2)35(28)33)8-6-18-48-32-20-23(19-24-7-4-15-40-34(24)32)10-11-26-21-25(22-42)41-44(26)3/h12-13,19-21,40H,4-11,14-18,22,39H2,1-3H3,(H,46,47)/b31-29+. The Morgan fingerprint density at radius 2 is 1.85 bits per heavy atom. The first-order valence-corrected chi connectivity index (χ1v) is 17.6. The summed E-state index contributed by atoms with van der Waals surface area (Å²) in [7, 11) is 5.99. The third kappa shape index (κ3) is 6.17. The van der Waals surface area contributed by atoms with Gasteiger partial charge in [-0.05, 0) is 105 Å². The number of allylic oxidation sites excluding steroid dienone is 1. The fraction of sp³-hybridized carbons (Fsp3) is 0.459. The number of ether oxygens (including phenoxy) is 1. The molecule has 11 heteroatoms. The fourth-order valence-electron chi connectivity index (χ4n) is 7.98. The molecule has 7 rings (SSSR count). The van der Waals surface area contributed by atoms with E-state index in [4.69, 9.17) is 27.3 Å². The second-order valence-corrected chi connectivity index (χ2v) is 14.0. The van der Waals surface area contributed by atoms with E-state index in [-0.39, 0.29) is 0 Å². The van der Waals surface area contributed by atoms with E-state index >= 15 is 0 Å². The van der Waals surface area contributed by atoms with Crippen molar-refractivity contribution in [3.05, 3.63) is 80.4 Å². The van der Waals surface area contributed by atoms with Crippen molar-refractivity contribution in [1.82, 2.24) is 24.3 Å². The van der Waals surface area contributed by atoms with Crippen molar-refractivity contribution < 1.29 is 14.6 Å². The van der Waals surface area contributed by atoms with Crippen LogP contribution in [0.2, 0.25) is 5.02 Å². The molecule has 10 nitrogen and oxygen atoms in total. The van der Waals surface area contributed by atoms with E-state index in [1.54, 1.807) is 0 Å². The summed E-state index contributed by atoms with van der Waals surface area (Å²) in [5.41, 5.74) is 10.9. The number of nitrogens with zero attached hydrogens (tertiary/aromatic N) is 5. The molecule has 4 aromatic rings. The summed E-state index contributed by atoms with van der Waals surface area (Å²) < 4.78 is 10.3. The lowest BCUT2D eigenvalue weighted by molar-refractivity contribution is 0.0685. The van der Waals surface area contributed by atoms with Gasteiger partial charge in [-0.2, -0.15) is 5.10 Å². The number of hydrogen-bond acceptors (Lipinski definition) is 7. The van der Waals surface area contributed by atoms with Crippen LogP contribution in [-0.4, -0.2) is 68.6 Å². The number of nitrogens with two attached hydrogens (primary N) is 1. The van der Waals surface area contributed by atoms with Gasteiger partial charge in [-0.25, -0.2) is 10.6 Å². The van der Waals surface area contributed by atoms with Gasteiger partial charge in [-0.15, -0.1) is 0 Å². The number of aryl methyl sites for hydroxylation is 6. The highest BCUT2D eigenvalue weighted by Gasteiger charge is 2.28. The van der Waals surface area contributed by atoms with E-state index < -0.39 is 5.97 Å². The van der Waals surface area contributed by atoms with E-state index in [1.165, 1.54) is 16.8 Å². The minimum Gasteiger partial charge on any atom is -0.491 e. The van der Waals surface area contributed by atoms with Gasteiger partial charge in [0.2, 0.25) is 0 Å². The van der Waals surface area contributed by atoms with Gasteiger partial charge in [-0.3, -0.25) is 4.68 Å². The average Bonchev–Trinajstić information content (AvgIpc) is 3.72. The number of carbonyl (C=O) groups is 1. The number of halogens is 1. The van der Waals surface area contributed by atoms with Crippen molar-refractivity contribution in [3.8, 4) is 5.75 Å². The summed E-state index contributed by atoms with van der Waals surface area (Å²) >= 11 is 7.07. The molecule has 254 valence electrons. The Morgan fingerprint density at radius 1 is 1.00 bits per heavy atom. The van der Waals surface area contributed by atoms with E-state index in [9.17, 15) is 9.90 Å². The molecule has 0 saturated carbocycles. The smallest absolute Gasteiger partial charge is 0.352 e. The maximum atomic E-state index is 12.8. The molecule has 48 heavy (non-hydrogen) atoms. The van der Waals surface area contributed by atoms with Crippen LogP contribution in [0.3, 0.4) is 0 Å². The van der Waals surface area contributed by atoms with Crippen molar-refractivity contribution in [2.24, 2.45) is 19.9 Å². The van der Waals surface area contributed by atoms with Crippen LogP contribution >= 0.6 is 11.6 Å². The number of hydrazine groups is 1. The van der Waals surface area contributed by atoms with Crippen molar-refractivity contribution >= 4 is 39.7 Å². The fourth-order valence-corrected chi connectivity index (χ4v) is 8.24. The second-order valence-electron chi connectivity index (χ2n) is 13.6. The Hall–Kier alpha value is -3.99. The van der Waals surface area contributed by atoms with E-state index in [1.807, 2.05) is 40.5 Å². The zero-order valence-electron chi connectivity index (χ0n) is 28.2. The SMILES string of the molecule is CN1CC/C(=C2/CCCN2N)c2c(Cl)ccc3c(c(C(=O)O)n(C)c23)CCCOc2cc(cc3c2NCCC3)CCc2cc(nn2C)C1. The molecule has 3 aliphatic rings. The number of aromatic nitrogens is 3. The number of fused-ring (bicyclic) bond motifs is 6. The predicted octanol–water partition coefficient (Wildman–Crippen LogP) is 5.93. The van der Waals surface area contributed by atoms with E-state index in [2.05, 4.69) is 35.5 Å². The summed E-state index contributed by atoms with van der Waals surface area (Å²) in [5, 5.41) is 22.3. The first kappa shape index (κ1) is 32.6. The summed E-state index contributed by atoms with van der Waals surface area (Å²) in [6, 6.07) is 10.6. The normalized spacial score (nSPS) is 19.6. The third-order valence-electron chi connectivity index (χ3n) is 10.3. The monoisotopic (exact) mass is 671 g/mol. The minimum atomic E-state index is -0.947. The van der Waals surface area contributed by atoms with Crippen LogP contribution in [0.15, 0.2) is 36.0 Å². The number of benzene rings is 2. The lowest BCUT2D eigenvalue weighted by atomic mass is 9.95. The maximum absolute atomic E-state index is 12.8.